The van der Waals surface area contributed by atoms with Crippen LogP contribution in [0, 0.1) is 22.6 Å². The SMILES string of the molecule is CC1Oc2nc(cnc2N)-c2c(nn(C)c2C#N)CC2=CC(C)(C)C(=O)N2c2ccc(F)cc21. The summed E-state index contributed by atoms with van der Waals surface area (Å²) < 4.78 is 21.8. The first kappa shape index (κ1) is 21.6. The van der Waals surface area contributed by atoms with Crippen LogP contribution in [-0.2, 0) is 18.3 Å². The summed E-state index contributed by atoms with van der Waals surface area (Å²) in [5, 5.41) is 14.4. The largest absolute Gasteiger partial charge is 0.467 e. The Bertz CT molecular complexity index is 1430. The van der Waals surface area contributed by atoms with Crippen LogP contribution in [0.5, 0.6) is 5.88 Å². The molecule has 0 radical (unpaired) electrons. The molecule has 0 saturated carbocycles. The molecular formula is C24H22FN7O2. The fraction of sp³-hybridized carbons (Fsp3) is 0.292. The fourth-order valence-corrected chi connectivity index (χ4v) is 4.50. The number of hydrogen-bond donors (Lipinski definition) is 1. The fourth-order valence-electron chi connectivity index (χ4n) is 4.50. The molecule has 0 saturated heterocycles. The van der Waals surface area contributed by atoms with Crippen LogP contribution in [0.2, 0.25) is 0 Å². The molecule has 9 nitrogen and oxygen atoms in total. The van der Waals surface area contributed by atoms with E-state index in [1.807, 2.05) is 19.9 Å². The van der Waals surface area contributed by atoms with Crippen molar-refractivity contribution < 1.29 is 13.9 Å². The van der Waals surface area contributed by atoms with Crippen LogP contribution < -0.4 is 15.4 Å². The molecular weight excluding hydrogens is 437 g/mol. The average molecular weight is 459 g/mol. The molecule has 2 bridgehead atoms. The van der Waals surface area contributed by atoms with Crippen molar-refractivity contribution in [2.45, 2.75) is 33.3 Å². The van der Waals surface area contributed by atoms with Gasteiger partial charge in [-0.25, -0.2) is 14.4 Å². The van der Waals surface area contributed by atoms with E-state index in [0.717, 1.165) is 0 Å². The van der Waals surface area contributed by atoms with Gasteiger partial charge in [-0.05, 0) is 45.0 Å². The van der Waals surface area contributed by atoms with Gasteiger partial charge in [-0.2, -0.15) is 10.4 Å². The minimum atomic E-state index is -0.792. The monoisotopic (exact) mass is 459 g/mol. The van der Waals surface area contributed by atoms with Gasteiger partial charge in [0, 0.05) is 24.7 Å². The molecule has 4 heterocycles. The normalized spacial score (nSPS) is 18.5. The molecule has 2 aromatic heterocycles. The van der Waals surface area contributed by atoms with Gasteiger partial charge in [-0.3, -0.25) is 14.4 Å². The van der Waals surface area contributed by atoms with Crippen LogP contribution in [0.25, 0.3) is 11.3 Å². The third kappa shape index (κ3) is 3.20. The summed E-state index contributed by atoms with van der Waals surface area (Å²) in [6, 6.07) is 6.39. The zero-order valence-corrected chi connectivity index (χ0v) is 19.1. The Morgan fingerprint density at radius 2 is 2.12 bits per heavy atom. The van der Waals surface area contributed by atoms with Crippen molar-refractivity contribution in [1.82, 2.24) is 19.7 Å². The van der Waals surface area contributed by atoms with Crippen LogP contribution >= 0.6 is 0 Å². The van der Waals surface area contributed by atoms with Crippen molar-refractivity contribution >= 4 is 17.4 Å². The molecule has 0 fully saturated rings. The second kappa shape index (κ2) is 7.38. The number of carbonyl (C=O) groups excluding carboxylic acids is 1. The number of nitrogens with zero attached hydrogens (tertiary/aromatic N) is 6. The van der Waals surface area contributed by atoms with Gasteiger partial charge in [0.05, 0.1) is 34.3 Å². The minimum Gasteiger partial charge on any atom is -0.467 e. The van der Waals surface area contributed by atoms with Crippen LogP contribution in [0.1, 0.15) is 43.8 Å². The maximum atomic E-state index is 14.3. The molecule has 34 heavy (non-hydrogen) atoms. The third-order valence-corrected chi connectivity index (χ3v) is 6.12. The lowest BCUT2D eigenvalue weighted by molar-refractivity contribution is -0.123. The maximum absolute atomic E-state index is 14.3. The first-order valence-corrected chi connectivity index (χ1v) is 10.7. The number of amides is 1. The van der Waals surface area contributed by atoms with Crippen molar-refractivity contribution in [2.24, 2.45) is 12.5 Å². The molecule has 2 N–H and O–H groups in total. The number of allylic oxidation sites excluding steroid dienone is 1. The lowest BCUT2D eigenvalue weighted by atomic mass is 9.94. The van der Waals surface area contributed by atoms with Crippen molar-refractivity contribution in [3.63, 3.8) is 0 Å². The predicted molar refractivity (Wildman–Crippen MR) is 122 cm³/mol. The maximum Gasteiger partial charge on any atom is 0.258 e. The Labute approximate surface area is 195 Å². The van der Waals surface area contributed by atoms with Gasteiger partial charge >= 0.3 is 0 Å². The second-order valence-corrected chi connectivity index (χ2v) is 8.99. The number of carbonyl (C=O) groups is 1. The summed E-state index contributed by atoms with van der Waals surface area (Å²) in [4.78, 5) is 23.8. The van der Waals surface area contributed by atoms with E-state index in [1.165, 1.54) is 23.0 Å². The molecule has 3 aromatic rings. The number of anilines is 2. The van der Waals surface area contributed by atoms with Gasteiger partial charge < -0.3 is 10.5 Å². The number of ether oxygens (including phenoxy) is 1. The predicted octanol–water partition coefficient (Wildman–Crippen LogP) is 3.42. The lowest BCUT2D eigenvalue weighted by Gasteiger charge is -2.28. The highest BCUT2D eigenvalue weighted by atomic mass is 19.1. The van der Waals surface area contributed by atoms with E-state index in [0.29, 0.717) is 39.6 Å². The van der Waals surface area contributed by atoms with Crippen LogP contribution in [-0.4, -0.2) is 25.7 Å². The Balaban J connectivity index is 1.82. The number of aryl methyl sites for hydroxylation is 1. The Kier molecular flexibility index (Phi) is 4.68. The molecule has 10 heteroatoms. The van der Waals surface area contributed by atoms with E-state index in [4.69, 9.17) is 10.5 Å². The highest BCUT2D eigenvalue weighted by Gasteiger charge is 2.42. The Hall–Kier alpha value is -4.26. The number of nitrogens with two attached hydrogens (primary N) is 1. The summed E-state index contributed by atoms with van der Waals surface area (Å²) in [5.41, 5.74) is 8.57. The first-order valence-electron chi connectivity index (χ1n) is 10.7. The quantitative estimate of drug-likeness (QED) is 0.546. The van der Waals surface area contributed by atoms with Gasteiger partial charge in [0.15, 0.2) is 5.82 Å². The molecule has 1 aromatic carbocycles. The molecule has 0 spiro atoms. The van der Waals surface area contributed by atoms with Gasteiger partial charge in [-0.1, -0.05) is 0 Å². The number of hydrogen-bond acceptors (Lipinski definition) is 7. The molecule has 2 aliphatic rings. The van der Waals surface area contributed by atoms with Gasteiger partial charge in [-0.15, -0.1) is 0 Å². The van der Waals surface area contributed by atoms with E-state index >= 15 is 0 Å². The van der Waals surface area contributed by atoms with Crippen molar-refractivity contribution in [1.29, 1.82) is 5.26 Å². The average Bonchev–Trinajstić information content (AvgIpc) is 3.20. The summed E-state index contributed by atoms with van der Waals surface area (Å²) in [7, 11) is 1.67. The molecule has 5 rings (SSSR count). The first-order chi connectivity index (χ1) is 16.1. The smallest absolute Gasteiger partial charge is 0.258 e. The van der Waals surface area contributed by atoms with Gasteiger partial charge in [0.25, 0.3) is 5.88 Å². The van der Waals surface area contributed by atoms with Crippen molar-refractivity contribution in [2.75, 3.05) is 10.6 Å². The standard InChI is InChI=1S/C24H22FN7O2/c1-12-15-7-13(25)5-6-18(15)32-14(9-24(2,3)23(32)33)8-16-20(19(10-26)31(4)30-16)17-11-28-21(27)22(29-17)34-12/h5-7,9,11-12H,8H2,1-4H3,(H2,27,28). The zero-order chi connectivity index (χ0) is 24.4. The van der Waals surface area contributed by atoms with Crippen LogP contribution in [0.4, 0.5) is 15.9 Å². The number of rotatable bonds is 0. The van der Waals surface area contributed by atoms with Crippen LogP contribution in [0.15, 0.2) is 36.2 Å². The summed E-state index contributed by atoms with van der Waals surface area (Å²) in [6.07, 6.45) is 2.87. The third-order valence-electron chi connectivity index (χ3n) is 6.12. The highest BCUT2D eigenvalue weighted by molar-refractivity contribution is 6.05. The molecule has 1 amide bonds. The van der Waals surface area contributed by atoms with Crippen LogP contribution in [0.3, 0.4) is 0 Å². The van der Waals surface area contributed by atoms with E-state index in [1.54, 1.807) is 24.9 Å². The number of aromatic nitrogens is 4. The topological polar surface area (TPSA) is 123 Å². The molecule has 1 unspecified atom stereocenters. The number of nitrogen functional groups attached to an aromatic ring is 1. The van der Waals surface area contributed by atoms with E-state index in [9.17, 15) is 14.4 Å². The summed E-state index contributed by atoms with van der Waals surface area (Å²) in [5.74, 6) is -0.525. The number of halogens is 1. The van der Waals surface area contributed by atoms with E-state index < -0.39 is 17.3 Å². The van der Waals surface area contributed by atoms with E-state index in [2.05, 4.69) is 21.1 Å². The molecule has 2 aliphatic heterocycles. The molecule has 0 aliphatic carbocycles. The highest BCUT2D eigenvalue weighted by Crippen LogP contribution is 2.43. The zero-order valence-electron chi connectivity index (χ0n) is 19.1. The van der Waals surface area contributed by atoms with Crippen molar-refractivity contribution in [3.05, 3.63) is 58.9 Å². The van der Waals surface area contributed by atoms with Crippen molar-refractivity contribution in [3.8, 4) is 23.2 Å². The second-order valence-electron chi connectivity index (χ2n) is 8.99. The molecule has 1 atom stereocenters. The number of fused-ring (bicyclic) bond motifs is 7. The summed E-state index contributed by atoms with van der Waals surface area (Å²) in [6.45, 7) is 5.38. The van der Waals surface area contributed by atoms with Gasteiger partial charge in [0.1, 0.15) is 23.7 Å². The minimum absolute atomic E-state index is 0.0447. The Morgan fingerprint density at radius 3 is 2.85 bits per heavy atom. The lowest BCUT2D eigenvalue weighted by Crippen LogP contribution is -2.34. The van der Waals surface area contributed by atoms with E-state index in [-0.39, 0.29) is 24.0 Å². The van der Waals surface area contributed by atoms with Gasteiger partial charge in [0.2, 0.25) is 5.91 Å². The Morgan fingerprint density at radius 1 is 1.35 bits per heavy atom. The number of benzene rings is 1. The number of nitriles is 1. The summed E-state index contributed by atoms with van der Waals surface area (Å²) >= 11 is 0. The molecule has 172 valence electrons.